The minimum Gasteiger partial charge on any atom is -0.352 e. The van der Waals surface area contributed by atoms with E-state index >= 15 is 0 Å². The summed E-state index contributed by atoms with van der Waals surface area (Å²) < 4.78 is 5.17. The van der Waals surface area contributed by atoms with E-state index in [2.05, 4.69) is 20.8 Å². The number of benzene rings is 1. The number of carbonyl (C=O) groups excluding carboxylic acids is 2. The second kappa shape index (κ2) is 7.69. The number of anilines is 1. The molecule has 0 radical (unpaired) electrons. The van der Waals surface area contributed by atoms with Gasteiger partial charge in [0, 0.05) is 29.3 Å². The number of thioether (sulfide) groups is 1. The van der Waals surface area contributed by atoms with E-state index in [9.17, 15) is 9.59 Å². The normalized spacial score (nSPS) is 13.5. The molecular weight excluding hydrogens is 340 g/mol. The lowest BCUT2D eigenvalue weighted by Gasteiger charge is -2.16. The fraction of sp³-hybridized carbons (Fsp3) is 0.412. The van der Waals surface area contributed by atoms with Crippen LogP contribution in [-0.2, 0) is 11.2 Å². The maximum absolute atomic E-state index is 12.2. The highest BCUT2D eigenvalue weighted by molar-refractivity contribution is 8.00. The molecule has 2 aromatic rings. The van der Waals surface area contributed by atoms with Crippen LogP contribution in [0, 0.1) is 0 Å². The monoisotopic (exact) mass is 360 g/mol. The molecule has 8 heteroatoms. The van der Waals surface area contributed by atoms with Crippen molar-refractivity contribution >= 4 is 29.3 Å². The molecule has 1 aliphatic rings. The van der Waals surface area contributed by atoms with Crippen molar-refractivity contribution in [1.82, 2.24) is 15.5 Å². The van der Waals surface area contributed by atoms with Gasteiger partial charge in [0.15, 0.2) is 5.82 Å². The van der Waals surface area contributed by atoms with Gasteiger partial charge in [-0.3, -0.25) is 9.59 Å². The Bertz CT molecular complexity index is 788. The van der Waals surface area contributed by atoms with Crippen molar-refractivity contribution in [2.45, 2.75) is 37.5 Å². The zero-order chi connectivity index (χ0) is 17.8. The van der Waals surface area contributed by atoms with Gasteiger partial charge in [-0.15, -0.1) is 11.8 Å². The van der Waals surface area contributed by atoms with Crippen molar-refractivity contribution in [2.75, 3.05) is 17.6 Å². The number of carbonyl (C=O) groups is 2. The molecule has 0 saturated carbocycles. The van der Waals surface area contributed by atoms with Crippen LogP contribution < -0.4 is 10.6 Å². The summed E-state index contributed by atoms with van der Waals surface area (Å²) >= 11 is 1.47. The van der Waals surface area contributed by atoms with Crippen LogP contribution in [0.5, 0.6) is 0 Å². The van der Waals surface area contributed by atoms with Gasteiger partial charge in [0.05, 0.1) is 11.4 Å². The zero-order valence-corrected chi connectivity index (χ0v) is 15.0. The zero-order valence-electron chi connectivity index (χ0n) is 14.2. The first-order valence-corrected chi connectivity index (χ1v) is 9.19. The number of rotatable bonds is 6. The largest absolute Gasteiger partial charge is 0.352 e. The molecule has 0 fully saturated rings. The summed E-state index contributed by atoms with van der Waals surface area (Å²) in [6.45, 7) is 4.53. The Labute approximate surface area is 149 Å². The summed E-state index contributed by atoms with van der Waals surface area (Å²) in [5, 5.41) is 9.57. The Hall–Kier alpha value is -2.35. The van der Waals surface area contributed by atoms with E-state index in [1.54, 1.807) is 12.1 Å². The third kappa shape index (κ3) is 4.39. The predicted molar refractivity (Wildman–Crippen MR) is 94.8 cm³/mol. The van der Waals surface area contributed by atoms with Gasteiger partial charge < -0.3 is 15.2 Å². The Balaban J connectivity index is 1.49. The van der Waals surface area contributed by atoms with E-state index in [4.69, 9.17) is 4.52 Å². The second-order valence-electron chi connectivity index (χ2n) is 6.11. The fourth-order valence-electron chi connectivity index (χ4n) is 2.37. The first-order valence-electron chi connectivity index (χ1n) is 8.20. The quantitative estimate of drug-likeness (QED) is 0.769. The molecular formula is C17H20N4O3S. The first kappa shape index (κ1) is 17.5. The van der Waals surface area contributed by atoms with Crippen LogP contribution in [0.2, 0.25) is 0 Å². The van der Waals surface area contributed by atoms with Gasteiger partial charge in [-0.2, -0.15) is 4.98 Å². The minimum atomic E-state index is -0.166. The Morgan fingerprint density at radius 2 is 2.28 bits per heavy atom. The number of amides is 2. The van der Waals surface area contributed by atoms with Crippen molar-refractivity contribution in [1.29, 1.82) is 0 Å². The van der Waals surface area contributed by atoms with E-state index in [0.29, 0.717) is 48.1 Å². The molecule has 0 atom stereocenters. The molecule has 1 aromatic heterocycles. The highest BCUT2D eigenvalue weighted by atomic mass is 32.2. The van der Waals surface area contributed by atoms with Gasteiger partial charge in [-0.05, 0) is 24.6 Å². The number of fused-ring (bicyclic) bond motifs is 1. The minimum absolute atomic E-state index is 0.0459. The molecule has 132 valence electrons. The Kier molecular flexibility index (Phi) is 5.37. The van der Waals surface area contributed by atoms with Crippen LogP contribution in [0.3, 0.4) is 0 Å². The van der Waals surface area contributed by atoms with Crippen molar-refractivity contribution in [3.63, 3.8) is 0 Å². The summed E-state index contributed by atoms with van der Waals surface area (Å²) in [6.07, 6.45) is 1.33. The first-order chi connectivity index (χ1) is 12.0. The maximum Gasteiger partial charge on any atom is 0.251 e. The van der Waals surface area contributed by atoms with Crippen molar-refractivity contribution in [3.8, 4) is 0 Å². The Morgan fingerprint density at radius 1 is 1.44 bits per heavy atom. The van der Waals surface area contributed by atoms with Crippen molar-refractivity contribution in [3.05, 3.63) is 35.5 Å². The lowest BCUT2D eigenvalue weighted by atomic mass is 10.1. The lowest BCUT2D eigenvalue weighted by molar-refractivity contribution is -0.113. The number of hydrogen-bond acceptors (Lipinski definition) is 6. The predicted octanol–water partition coefficient (Wildman–Crippen LogP) is 2.60. The summed E-state index contributed by atoms with van der Waals surface area (Å²) in [7, 11) is 0. The molecule has 7 nitrogen and oxygen atoms in total. The van der Waals surface area contributed by atoms with E-state index in [1.165, 1.54) is 11.8 Å². The van der Waals surface area contributed by atoms with Gasteiger partial charge >= 0.3 is 0 Å². The molecule has 0 spiro atoms. The molecule has 25 heavy (non-hydrogen) atoms. The van der Waals surface area contributed by atoms with Gasteiger partial charge in [-0.1, -0.05) is 19.0 Å². The molecule has 2 heterocycles. The SMILES string of the molecule is CC(C)c1noc(CCCNC(=O)c2ccc3c(c2)NC(=O)CS3)n1. The van der Waals surface area contributed by atoms with Crippen LogP contribution in [0.15, 0.2) is 27.6 Å². The topological polar surface area (TPSA) is 97.1 Å². The van der Waals surface area contributed by atoms with Crippen LogP contribution in [0.1, 0.15) is 48.3 Å². The molecule has 0 unspecified atom stereocenters. The average molecular weight is 360 g/mol. The molecule has 1 aromatic carbocycles. The van der Waals surface area contributed by atoms with Crippen molar-refractivity contribution < 1.29 is 14.1 Å². The fourth-order valence-corrected chi connectivity index (χ4v) is 3.16. The Morgan fingerprint density at radius 3 is 3.04 bits per heavy atom. The van der Waals surface area contributed by atoms with Crippen LogP contribution in [0.4, 0.5) is 5.69 Å². The van der Waals surface area contributed by atoms with Crippen LogP contribution in [0.25, 0.3) is 0 Å². The molecule has 0 bridgehead atoms. The van der Waals surface area contributed by atoms with Gasteiger partial charge in [0.2, 0.25) is 11.8 Å². The average Bonchev–Trinajstić information content (AvgIpc) is 3.07. The smallest absolute Gasteiger partial charge is 0.251 e. The standard InChI is InChI=1S/C17H20N4O3S/c1-10(2)16-20-15(24-21-16)4-3-7-18-17(23)11-5-6-13-12(8-11)19-14(22)9-25-13/h5-6,8,10H,3-4,7,9H2,1-2H3,(H,18,23)(H,19,22). The molecule has 2 N–H and O–H groups in total. The number of nitrogens with one attached hydrogen (secondary N) is 2. The molecule has 0 aliphatic carbocycles. The third-order valence-electron chi connectivity index (χ3n) is 3.73. The molecule has 3 rings (SSSR count). The third-order valence-corrected chi connectivity index (χ3v) is 4.80. The molecule has 0 saturated heterocycles. The van der Waals surface area contributed by atoms with Crippen molar-refractivity contribution in [2.24, 2.45) is 0 Å². The van der Waals surface area contributed by atoms with Crippen LogP contribution in [-0.4, -0.2) is 34.3 Å². The van der Waals surface area contributed by atoms with E-state index in [1.807, 2.05) is 19.9 Å². The van der Waals surface area contributed by atoms with Gasteiger partial charge in [0.25, 0.3) is 5.91 Å². The highest BCUT2D eigenvalue weighted by Gasteiger charge is 2.17. The van der Waals surface area contributed by atoms with Gasteiger partial charge in [0.1, 0.15) is 0 Å². The summed E-state index contributed by atoms with van der Waals surface area (Å²) in [5.41, 5.74) is 1.22. The summed E-state index contributed by atoms with van der Waals surface area (Å²) in [5.74, 6) is 1.72. The summed E-state index contributed by atoms with van der Waals surface area (Å²) in [4.78, 5) is 29.0. The lowest BCUT2D eigenvalue weighted by Crippen LogP contribution is -2.25. The van der Waals surface area contributed by atoms with Gasteiger partial charge in [-0.25, -0.2) is 0 Å². The number of aromatic nitrogens is 2. The van der Waals surface area contributed by atoms with E-state index in [-0.39, 0.29) is 17.7 Å². The second-order valence-corrected chi connectivity index (χ2v) is 7.13. The number of hydrogen-bond donors (Lipinski definition) is 2. The molecule has 2 amide bonds. The summed E-state index contributed by atoms with van der Waals surface area (Å²) in [6, 6.07) is 5.34. The maximum atomic E-state index is 12.2. The highest BCUT2D eigenvalue weighted by Crippen LogP contribution is 2.31. The number of nitrogens with zero attached hydrogens (tertiary/aromatic N) is 2. The van der Waals surface area contributed by atoms with E-state index in [0.717, 1.165) is 4.90 Å². The van der Waals surface area contributed by atoms with E-state index < -0.39 is 0 Å². The van der Waals surface area contributed by atoms with Crippen LogP contribution >= 0.6 is 11.8 Å². The number of aryl methyl sites for hydroxylation is 1. The molecule has 1 aliphatic heterocycles.